The molecule has 0 saturated carbocycles. The van der Waals surface area contributed by atoms with Gasteiger partial charge in [-0.1, -0.05) is 24.3 Å². The van der Waals surface area contributed by atoms with E-state index in [2.05, 4.69) is 48.9 Å². The fraction of sp³-hybridized carbons (Fsp3) is 0.304. The van der Waals surface area contributed by atoms with Gasteiger partial charge in [0.05, 0.1) is 11.4 Å². The Kier molecular flexibility index (Phi) is 4.34. The summed E-state index contributed by atoms with van der Waals surface area (Å²) in [4.78, 5) is 14.5. The number of hydrogen-bond donors (Lipinski definition) is 1. The molecule has 2 aliphatic rings. The van der Waals surface area contributed by atoms with Crippen molar-refractivity contribution in [2.45, 2.75) is 32.4 Å². The van der Waals surface area contributed by atoms with Gasteiger partial charge in [0, 0.05) is 18.5 Å². The summed E-state index contributed by atoms with van der Waals surface area (Å²) in [6.45, 7) is 3.89. The maximum atomic E-state index is 12.2. The van der Waals surface area contributed by atoms with Crippen LogP contribution in [0, 0.1) is 0 Å². The zero-order valence-electron chi connectivity index (χ0n) is 17.6. The topological polar surface area (TPSA) is 98.2 Å². The molecule has 1 atom stereocenters. The van der Waals surface area contributed by atoms with E-state index in [0.717, 1.165) is 42.2 Å². The molecule has 0 amide bonds. The third kappa shape index (κ3) is 2.84. The number of nitrogens with one attached hydrogen (secondary N) is 1. The van der Waals surface area contributed by atoms with Crippen molar-refractivity contribution in [1.82, 2.24) is 25.0 Å². The van der Waals surface area contributed by atoms with Crippen molar-refractivity contribution >= 4 is 16.7 Å². The van der Waals surface area contributed by atoms with Crippen LogP contribution in [0.5, 0.6) is 11.5 Å². The van der Waals surface area contributed by atoms with Crippen LogP contribution in [0.2, 0.25) is 0 Å². The molecule has 2 aromatic heterocycles. The fourth-order valence-electron chi connectivity index (χ4n) is 4.73. The highest BCUT2D eigenvalue weighted by molar-refractivity contribution is 5.92. The standard InChI is InChI=1S/C23H22N6O3/c1-2-28-21(20-15-6-3-4-7-16(15)22(30)26-24-20)25-27-23(28)29-11-5-8-17(29)14-9-10-18-19(12-14)32-13-31-18/h3-4,6-7,9-10,12,17H,2,5,8,11,13H2,1H3,(H,26,30). The molecule has 1 N–H and O–H groups in total. The summed E-state index contributed by atoms with van der Waals surface area (Å²) in [5.41, 5.74) is 1.58. The van der Waals surface area contributed by atoms with Crippen molar-refractivity contribution in [3.8, 4) is 23.0 Å². The highest BCUT2D eigenvalue weighted by atomic mass is 16.7. The molecule has 2 aromatic carbocycles. The highest BCUT2D eigenvalue weighted by Gasteiger charge is 2.32. The summed E-state index contributed by atoms with van der Waals surface area (Å²) < 4.78 is 13.1. The van der Waals surface area contributed by atoms with Gasteiger partial charge in [-0.3, -0.25) is 9.36 Å². The van der Waals surface area contributed by atoms with Crippen LogP contribution in [-0.4, -0.2) is 38.3 Å². The number of rotatable bonds is 4. The first-order valence-electron chi connectivity index (χ1n) is 10.8. The number of aromatic amines is 1. The zero-order chi connectivity index (χ0) is 21.7. The Balaban J connectivity index is 1.43. The molecule has 6 rings (SSSR count). The second-order valence-electron chi connectivity index (χ2n) is 7.98. The quantitative estimate of drug-likeness (QED) is 0.531. The third-order valence-corrected chi connectivity index (χ3v) is 6.25. The van der Waals surface area contributed by atoms with Gasteiger partial charge in [-0.2, -0.15) is 5.10 Å². The predicted octanol–water partition coefficient (Wildman–Crippen LogP) is 3.27. The zero-order valence-corrected chi connectivity index (χ0v) is 17.6. The minimum Gasteiger partial charge on any atom is -0.454 e. The van der Waals surface area contributed by atoms with Gasteiger partial charge < -0.3 is 14.4 Å². The molecule has 1 saturated heterocycles. The van der Waals surface area contributed by atoms with Crippen LogP contribution < -0.4 is 19.9 Å². The average Bonchev–Trinajstić information content (AvgIpc) is 3.57. The molecular weight excluding hydrogens is 408 g/mol. The largest absolute Gasteiger partial charge is 0.454 e. The third-order valence-electron chi connectivity index (χ3n) is 6.25. The monoisotopic (exact) mass is 430 g/mol. The van der Waals surface area contributed by atoms with Crippen molar-refractivity contribution in [1.29, 1.82) is 0 Å². The summed E-state index contributed by atoms with van der Waals surface area (Å²) >= 11 is 0. The number of anilines is 1. The van der Waals surface area contributed by atoms with Gasteiger partial charge in [-0.15, -0.1) is 10.2 Å². The van der Waals surface area contributed by atoms with Crippen LogP contribution in [-0.2, 0) is 6.54 Å². The summed E-state index contributed by atoms with van der Waals surface area (Å²) in [5, 5.41) is 17.4. The molecular formula is C23H22N6O3. The van der Waals surface area contributed by atoms with Crippen LogP contribution >= 0.6 is 0 Å². The van der Waals surface area contributed by atoms with E-state index < -0.39 is 0 Å². The predicted molar refractivity (Wildman–Crippen MR) is 119 cm³/mol. The van der Waals surface area contributed by atoms with Crippen LogP contribution in [0.1, 0.15) is 31.4 Å². The van der Waals surface area contributed by atoms with Crippen LogP contribution in [0.3, 0.4) is 0 Å². The average molecular weight is 430 g/mol. The minimum absolute atomic E-state index is 0.173. The molecule has 0 spiro atoms. The van der Waals surface area contributed by atoms with E-state index in [1.165, 1.54) is 5.56 Å². The first-order valence-corrected chi connectivity index (χ1v) is 10.8. The summed E-state index contributed by atoms with van der Waals surface area (Å²) in [5.74, 6) is 3.02. The molecule has 162 valence electrons. The Hall–Kier alpha value is -3.88. The van der Waals surface area contributed by atoms with E-state index in [0.29, 0.717) is 23.4 Å². The van der Waals surface area contributed by atoms with Gasteiger partial charge in [0.25, 0.3) is 5.56 Å². The van der Waals surface area contributed by atoms with Crippen LogP contribution in [0.15, 0.2) is 47.3 Å². The van der Waals surface area contributed by atoms with Crippen molar-refractivity contribution < 1.29 is 9.47 Å². The number of nitrogens with zero attached hydrogens (tertiary/aromatic N) is 5. The Morgan fingerprint density at radius 2 is 1.94 bits per heavy atom. The fourth-order valence-corrected chi connectivity index (χ4v) is 4.73. The molecule has 0 radical (unpaired) electrons. The van der Waals surface area contributed by atoms with Gasteiger partial charge in [0.1, 0.15) is 5.69 Å². The smallest absolute Gasteiger partial charge is 0.272 e. The van der Waals surface area contributed by atoms with Crippen molar-refractivity contribution in [2.75, 3.05) is 18.2 Å². The second-order valence-corrected chi connectivity index (χ2v) is 7.98. The molecule has 4 aromatic rings. The summed E-state index contributed by atoms with van der Waals surface area (Å²) in [6.07, 6.45) is 2.08. The lowest BCUT2D eigenvalue weighted by Crippen LogP contribution is -2.26. The molecule has 9 nitrogen and oxygen atoms in total. The van der Waals surface area contributed by atoms with Gasteiger partial charge in [-0.25, -0.2) is 5.10 Å². The van der Waals surface area contributed by atoms with Gasteiger partial charge in [0.2, 0.25) is 12.7 Å². The highest BCUT2D eigenvalue weighted by Crippen LogP contribution is 2.41. The van der Waals surface area contributed by atoms with Crippen molar-refractivity contribution in [3.05, 3.63) is 58.4 Å². The van der Waals surface area contributed by atoms with Gasteiger partial charge >= 0.3 is 0 Å². The molecule has 0 aliphatic carbocycles. The summed E-state index contributed by atoms with van der Waals surface area (Å²) in [6, 6.07) is 13.7. The number of fused-ring (bicyclic) bond motifs is 2. The van der Waals surface area contributed by atoms with Gasteiger partial charge in [-0.05, 0) is 43.5 Å². The Bertz CT molecular complexity index is 1380. The molecule has 1 fully saturated rings. The maximum Gasteiger partial charge on any atom is 0.272 e. The van der Waals surface area contributed by atoms with E-state index in [4.69, 9.17) is 9.47 Å². The SMILES string of the molecule is CCn1c(-c2n[nH]c(=O)c3ccccc23)nnc1N1CCCC1c1ccc2c(c1)OCO2. The van der Waals surface area contributed by atoms with E-state index in [-0.39, 0.29) is 18.4 Å². The molecule has 4 heterocycles. The number of hydrogen-bond acceptors (Lipinski definition) is 7. The lowest BCUT2D eigenvalue weighted by molar-refractivity contribution is 0.174. The maximum absolute atomic E-state index is 12.2. The first-order chi connectivity index (χ1) is 15.7. The Labute approximate surface area is 183 Å². The number of benzene rings is 2. The molecule has 1 unspecified atom stereocenters. The second kappa shape index (κ2) is 7.37. The number of H-pyrrole nitrogens is 1. The molecule has 32 heavy (non-hydrogen) atoms. The van der Waals surface area contributed by atoms with Crippen LogP contribution in [0.4, 0.5) is 5.95 Å². The first kappa shape index (κ1) is 18.9. The minimum atomic E-state index is -0.213. The van der Waals surface area contributed by atoms with E-state index in [9.17, 15) is 4.79 Å². The lowest BCUT2D eigenvalue weighted by atomic mass is 10.0. The summed E-state index contributed by atoms with van der Waals surface area (Å²) in [7, 11) is 0. The van der Waals surface area contributed by atoms with E-state index in [1.54, 1.807) is 6.07 Å². The Morgan fingerprint density at radius 1 is 1.09 bits per heavy atom. The van der Waals surface area contributed by atoms with Crippen molar-refractivity contribution in [2.24, 2.45) is 0 Å². The molecule has 0 bridgehead atoms. The van der Waals surface area contributed by atoms with E-state index >= 15 is 0 Å². The lowest BCUT2D eigenvalue weighted by Gasteiger charge is -2.26. The normalized spacial score (nSPS) is 17.4. The van der Waals surface area contributed by atoms with Gasteiger partial charge in [0.15, 0.2) is 17.3 Å². The number of ether oxygens (including phenoxy) is 2. The number of aromatic nitrogens is 5. The van der Waals surface area contributed by atoms with Crippen LogP contribution in [0.25, 0.3) is 22.3 Å². The van der Waals surface area contributed by atoms with Crippen molar-refractivity contribution in [3.63, 3.8) is 0 Å². The Morgan fingerprint density at radius 3 is 2.81 bits per heavy atom. The van der Waals surface area contributed by atoms with E-state index in [1.807, 2.05) is 24.3 Å². The molecule has 2 aliphatic heterocycles. The molecule has 9 heteroatoms.